The zero-order chi connectivity index (χ0) is 22.7. The summed E-state index contributed by atoms with van der Waals surface area (Å²) in [7, 11) is 0. The molecule has 0 aliphatic heterocycles. The van der Waals surface area contributed by atoms with Gasteiger partial charge in [-0.2, -0.15) is 0 Å². The predicted molar refractivity (Wildman–Crippen MR) is 120 cm³/mol. The Morgan fingerprint density at radius 3 is 2.47 bits per heavy atom. The van der Waals surface area contributed by atoms with Gasteiger partial charge in [-0.25, -0.2) is 9.18 Å². The number of hydrogen-bond acceptors (Lipinski definition) is 4. The van der Waals surface area contributed by atoms with Gasteiger partial charge in [0.15, 0.2) is 0 Å². The summed E-state index contributed by atoms with van der Waals surface area (Å²) in [5.41, 5.74) is 2.92. The first kappa shape index (κ1) is 21.0. The number of fused-ring (bicyclic) bond motifs is 1. The van der Waals surface area contributed by atoms with Gasteiger partial charge in [-0.3, -0.25) is 9.78 Å². The SMILES string of the molecule is CCOC(=O)c1cn(-c2ccc(F)cc2)c2ccc(C#Cc3ccnc(C)c3)cc2c1=O. The molecule has 2 aromatic heterocycles. The fourth-order valence-electron chi connectivity index (χ4n) is 3.35. The molecule has 2 aromatic carbocycles. The molecule has 0 aliphatic carbocycles. The van der Waals surface area contributed by atoms with Gasteiger partial charge in [0.05, 0.1) is 12.1 Å². The van der Waals surface area contributed by atoms with Crippen molar-refractivity contribution in [3.63, 3.8) is 0 Å². The molecule has 0 N–H and O–H groups in total. The minimum absolute atomic E-state index is 0.0986. The molecule has 6 heteroatoms. The number of hydrogen-bond donors (Lipinski definition) is 0. The van der Waals surface area contributed by atoms with Gasteiger partial charge in [0.25, 0.3) is 0 Å². The summed E-state index contributed by atoms with van der Waals surface area (Å²) in [6.45, 7) is 3.70. The smallest absolute Gasteiger partial charge is 0.343 e. The third-order valence-corrected chi connectivity index (χ3v) is 4.85. The third-order valence-electron chi connectivity index (χ3n) is 4.85. The van der Waals surface area contributed by atoms with E-state index in [1.807, 2.05) is 13.0 Å². The van der Waals surface area contributed by atoms with E-state index >= 15 is 0 Å². The summed E-state index contributed by atoms with van der Waals surface area (Å²) in [5, 5.41) is 0.317. The summed E-state index contributed by atoms with van der Waals surface area (Å²) >= 11 is 0. The number of esters is 1. The van der Waals surface area contributed by atoms with E-state index in [0.717, 1.165) is 11.3 Å². The third kappa shape index (κ3) is 4.28. The Balaban J connectivity index is 1.91. The van der Waals surface area contributed by atoms with Crippen LogP contribution in [-0.2, 0) is 4.74 Å². The van der Waals surface area contributed by atoms with Crippen molar-refractivity contribution in [2.24, 2.45) is 0 Å². The van der Waals surface area contributed by atoms with Crippen LogP contribution in [0.3, 0.4) is 0 Å². The highest BCUT2D eigenvalue weighted by Crippen LogP contribution is 2.20. The fourth-order valence-corrected chi connectivity index (χ4v) is 3.35. The number of nitrogens with zero attached hydrogens (tertiary/aromatic N) is 2. The van der Waals surface area contributed by atoms with Crippen LogP contribution in [0.15, 0.2) is 71.8 Å². The highest BCUT2D eigenvalue weighted by molar-refractivity contribution is 5.94. The van der Waals surface area contributed by atoms with Crippen LogP contribution in [0.25, 0.3) is 16.6 Å². The van der Waals surface area contributed by atoms with E-state index in [9.17, 15) is 14.0 Å². The molecule has 32 heavy (non-hydrogen) atoms. The van der Waals surface area contributed by atoms with Gasteiger partial charge in [-0.05, 0) is 68.4 Å². The van der Waals surface area contributed by atoms with E-state index < -0.39 is 11.4 Å². The number of carbonyl (C=O) groups excluding carboxylic acids is 1. The lowest BCUT2D eigenvalue weighted by Gasteiger charge is -2.13. The number of benzene rings is 2. The maximum atomic E-state index is 13.4. The van der Waals surface area contributed by atoms with Gasteiger partial charge in [-0.1, -0.05) is 11.8 Å². The van der Waals surface area contributed by atoms with E-state index in [-0.39, 0.29) is 18.0 Å². The molecule has 0 spiro atoms. The van der Waals surface area contributed by atoms with E-state index in [2.05, 4.69) is 16.8 Å². The molecular weight excluding hydrogens is 407 g/mol. The number of aromatic nitrogens is 2. The largest absolute Gasteiger partial charge is 0.462 e. The minimum Gasteiger partial charge on any atom is -0.462 e. The molecule has 0 fully saturated rings. The summed E-state index contributed by atoms with van der Waals surface area (Å²) in [6, 6.07) is 14.7. The van der Waals surface area contributed by atoms with Crippen molar-refractivity contribution in [1.29, 1.82) is 0 Å². The van der Waals surface area contributed by atoms with Crippen LogP contribution in [0.4, 0.5) is 4.39 Å². The van der Waals surface area contributed by atoms with Crippen LogP contribution < -0.4 is 5.43 Å². The van der Waals surface area contributed by atoms with Gasteiger partial charge in [0, 0.05) is 40.3 Å². The Morgan fingerprint density at radius 2 is 1.78 bits per heavy atom. The second kappa shape index (κ2) is 8.86. The van der Waals surface area contributed by atoms with Gasteiger partial charge < -0.3 is 9.30 Å². The van der Waals surface area contributed by atoms with Crippen LogP contribution in [-0.4, -0.2) is 22.1 Å². The summed E-state index contributed by atoms with van der Waals surface area (Å²) in [6.07, 6.45) is 3.12. The topological polar surface area (TPSA) is 61.2 Å². The molecule has 2 heterocycles. The number of rotatable bonds is 3. The Kier molecular flexibility index (Phi) is 5.82. The minimum atomic E-state index is -0.709. The second-order valence-electron chi connectivity index (χ2n) is 7.11. The Labute approximate surface area is 184 Å². The highest BCUT2D eigenvalue weighted by Gasteiger charge is 2.17. The van der Waals surface area contributed by atoms with E-state index in [1.54, 1.807) is 54.1 Å². The van der Waals surface area contributed by atoms with Crippen molar-refractivity contribution < 1.29 is 13.9 Å². The summed E-state index contributed by atoms with van der Waals surface area (Å²) in [4.78, 5) is 29.7. The molecule has 0 saturated carbocycles. The average Bonchev–Trinajstić information content (AvgIpc) is 2.79. The first-order valence-corrected chi connectivity index (χ1v) is 10.0. The maximum absolute atomic E-state index is 13.4. The van der Waals surface area contributed by atoms with Crippen LogP contribution >= 0.6 is 0 Å². The molecular formula is C26H19FN2O3. The summed E-state index contributed by atoms with van der Waals surface area (Å²) in [5.74, 6) is 5.03. The van der Waals surface area contributed by atoms with Crippen molar-refractivity contribution in [3.05, 3.63) is 105 Å². The molecule has 5 nitrogen and oxygen atoms in total. The van der Waals surface area contributed by atoms with E-state index in [1.165, 1.54) is 18.3 Å². The highest BCUT2D eigenvalue weighted by atomic mass is 19.1. The standard InChI is InChI=1S/C26H19FN2O3/c1-3-32-26(31)23-16-29(21-9-7-20(27)8-10-21)24-11-6-18(15-22(24)25(23)30)4-5-19-12-13-28-17(2)14-19/h6-16H,3H2,1-2H3. The van der Waals surface area contributed by atoms with E-state index in [0.29, 0.717) is 22.2 Å². The first-order chi connectivity index (χ1) is 15.5. The predicted octanol–water partition coefficient (Wildman–Crippen LogP) is 4.41. The van der Waals surface area contributed by atoms with Crippen LogP contribution in [0, 0.1) is 24.6 Å². The van der Waals surface area contributed by atoms with Crippen molar-refractivity contribution in [2.75, 3.05) is 6.61 Å². The van der Waals surface area contributed by atoms with Gasteiger partial charge in [-0.15, -0.1) is 0 Å². The zero-order valence-corrected chi connectivity index (χ0v) is 17.6. The zero-order valence-electron chi connectivity index (χ0n) is 17.6. The number of halogens is 1. The lowest BCUT2D eigenvalue weighted by atomic mass is 10.1. The number of ether oxygens (including phenoxy) is 1. The lowest BCUT2D eigenvalue weighted by molar-refractivity contribution is 0.0524. The van der Waals surface area contributed by atoms with Crippen molar-refractivity contribution in [3.8, 4) is 17.5 Å². The molecule has 0 radical (unpaired) electrons. The van der Waals surface area contributed by atoms with Crippen molar-refractivity contribution >= 4 is 16.9 Å². The molecule has 0 atom stereocenters. The Morgan fingerprint density at radius 1 is 1.06 bits per heavy atom. The quantitative estimate of drug-likeness (QED) is 0.360. The molecule has 0 bridgehead atoms. The van der Waals surface area contributed by atoms with Crippen LogP contribution in [0.2, 0.25) is 0 Å². The molecule has 4 aromatic rings. The maximum Gasteiger partial charge on any atom is 0.343 e. The molecule has 0 aliphatic rings. The van der Waals surface area contributed by atoms with E-state index in [4.69, 9.17) is 4.74 Å². The Bertz CT molecular complexity index is 1440. The fraction of sp³-hybridized carbons (Fsp3) is 0.115. The Hall–Kier alpha value is -4.24. The summed E-state index contributed by atoms with van der Waals surface area (Å²) < 4.78 is 20.2. The van der Waals surface area contributed by atoms with Crippen molar-refractivity contribution in [1.82, 2.24) is 9.55 Å². The number of carbonyl (C=O) groups is 1. The van der Waals surface area contributed by atoms with Gasteiger partial charge in [0.1, 0.15) is 11.4 Å². The number of aryl methyl sites for hydroxylation is 1. The number of pyridine rings is 2. The average molecular weight is 426 g/mol. The van der Waals surface area contributed by atoms with Gasteiger partial charge in [0.2, 0.25) is 5.43 Å². The van der Waals surface area contributed by atoms with Crippen LogP contribution in [0.5, 0.6) is 0 Å². The van der Waals surface area contributed by atoms with Crippen molar-refractivity contribution in [2.45, 2.75) is 13.8 Å². The van der Waals surface area contributed by atoms with Crippen LogP contribution in [0.1, 0.15) is 34.1 Å². The second-order valence-corrected chi connectivity index (χ2v) is 7.11. The molecule has 4 rings (SSSR count). The van der Waals surface area contributed by atoms with Gasteiger partial charge >= 0.3 is 5.97 Å². The lowest BCUT2D eigenvalue weighted by Crippen LogP contribution is -2.20. The molecule has 0 amide bonds. The monoisotopic (exact) mass is 426 g/mol. The molecule has 158 valence electrons. The first-order valence-electron chi connectivity index (χ1n) is 10.0. The molecule has 0 unspecified atom stereocenters. The molecule has 0 saturated heterocycles. The normalized spacial score (nSPS) is 10.5.